The number of rotatable bonds is 6. The lowest BCUT2D eigenvalue weighted by atomic mass is 10.2. The number of nitrogens with zero attached hydrogens (tertiary/aromatic N) is 1. The van der Waals surface area contributed by atoms with E-state index in [1.165, 1.54) is 0 Å². The molecule has 0 bridgehead atoms. The van der Waals surface area contributed by atoms with E-state index in [0.717, 1.165) is 0 Å². The smallest absolute Gasteiger partial charge is 0.394 e. The van der Waals surface area contributed by atoms with E-state index in [2.05, 4.69) is 13.6 Å². The molecular formula is C10H19N2O14P3S. The van der Waals surface area contributed by atoms with Gasteiger partial charge in [0.1, 0.15) is 12.3 Å². The van der Waals surface area contributed by atoms with E-state index in [1.54, 1.807) is 17.7 Å². The van der Waals surface area contributed by atoms with Gasteiger partial charge < -0.3 is 39.4 Å². The largest absolute Gasteiger partial charge is 0.490 e. The van der Waals surface area contributed by atoms with Crippen molar-refractivity contribution in [2.45, 2.75) is 31.8 Å². The second-order valence-corrected chi connectivity index (χ2v) is 10.3. The van der Waals surface area contributed by atoms with E-state index < -0.39 is 41.9 Å². The van der Waals surface area contributed by atoms with Gasteiger partial charge in [0, 0.05) is 18.2 Å². The average Bonchev–Trinajstić information content (AvgIpc) is 2.87. The van der Waals surface area contributed by atoms with E-state index in [1.807, 2.05) is 0 Å². The topological polar surface area (TPSA) is 258 Å². The number of hydrogen-bond donors (Lipinski definition) is 8. The molecule has 174 valence electrons. The van der Waals surface area contributed by atoms with Crippen molar-refractivity contribution < 1.29 is 61.7 Å². The Hall–Kier alpha value is -0.610. The van der Waals surface area contributed by atoms with Crippen molar-refractivity contribution >= 4 is 35.7 Å². The van der Waals surface area contributed by atoms with Gasteiger partial charge in [-0.15, -0.1) is 0 Å². The van der Waals surface area contributed by atoms with Gasteiger partial charge in [-0.05, 0) is 19.1 Å². The lowest BCUT2D eigenvalue weighted by Gasteiger charge is -2.15. The Balaban J connectivity index is 0.000000314. The van der Waals surface area contributed by atoms with Crippen LogP contribution in [0.25, 0.3) is 0 Å². The minimum absolute atomic E-state index is 0.233. The number of aryl methyl sites for hydroxylation is 1. The molecule has 16 nitrogen and oxygen atoms in total. The predicted molar refractivity (Wildman–Crippen MR) is 98.3 cm³/mol. The van der Waals surface area contributed by atoms with Gasteiger partial charge in [-0.25, -0.2) is 13.7 Å². The molecule has 1 fully saturated rings. The quantitative estimate of drug-likeness (QED) is 0.169. The summed E-state index contributed by atoms with van der Waals surface area (Å²) in [5, 5.41) is 18.6. The molecule has 20 heteroatoms. The monoisotopic (exact) mass is 516 g/mol. The Kier molecular flexibility index (Phi) is 9.45. The minimum Gasteiger partial charge on any atom is -0.394 e. The number of aliphatic hydroxyl groups excluding tert-OH is 2. The lowest BCUT2D eigenvalue weighted by molar-refractivity contribution is -0.0453. The number of aromatic nitrogens is 2. The normalized spacial score (nSPS) is 22.5. The molecule has 0 amide bonds. The van der Waals surface area contributed by atoms with Crippen LogP contribution in [0.3, 0.4) is 0 Å². The first kappa shape index (κ1) is 27.4. The minimum atomic E-state index is -5.46. The number of hydrogen-bond acceptors (Lipinski definition) is 10. The number of phosphoric acid groups is 3. The number of aromatic amines is 1. The molecule has 0 aliphatic carbocycles. The summed E-state index contributed by atoms with van der Waals surface area (Å²) in [6.07, 6.45) is 0.155. The molecule has 0 radical (unpaired) electrons. The summed E-state index contributed by atoms with van der Waals surface area (Å²) in [5.74, 6) is 0. The van der Waals surface area contributed by atoms with Crippen LogP contribution >= 0.6 is 35.7 Å². The van der Waals surface area contributed by atoms with Crippen LogP contribution in [0.4, 0.5) is 0 Å². The second kappa shape index (κ2) is 10.3. The van der Waals surface area contributed by atoms with E-state index in [9.17, 15) is 23.6 Å². The van der Waals surface area contributed by atoms with Crippen molar-refractivity contribution in [1.82, 2.24) is 9.55 Å². The summed E-state index contributed by atoms with van der Waals surface area (Å²) in [5.41, 5.74) is 0.285. The molecule has 1 aliphatic heterocycles. The van der Waals surface area contributed by atoms with Crippen LogP contribution in [0.2, 0.25) is 0 Å². The number of aliphatic hydroxyl groups is 2. The molecule has 0 aromatic carbocycles. The highest BCUT2D eigenvalue weighted by Crippen LogP contribution is 2.64. The molecule has 1 aliphatic rings. The molecule has 30 heavy (non-hydrogen) atoms. The Labute approximate surface area is 172 Å². The summed E-state index contributed by atoms with van der Waals surface area (Å²) in [7, 11) is -16.2. The Morgan fingerprint density at radius 1 is 1.20 bits per heavy atom. The van der Waals surface area contributed by atoms with Gasteiger partial charge in [-0.3, -0.25) is 14.3 Å². The molecule has 1 aromatic rings. The van der Waals surface area contributed by atoms with Crippen LogP contribution in [0.5, 0.6) is 0 Å². The molecule has 1 saturated heterocycles. The van der Waals surface area contributed by atoms with Crippen LogP contribution < -0.4 is 5.56 Å². The fraction of sp³-hybridized carbons (Fsp3) is 0.600. The molecular weight excluding hydrogens is 497 g/mol. The maximum atomic E-state index is 11.3. The van der Waals surface area contributed by atoms with Gasteiger partial charge in [0.05, 0.1) is 12.7 Å². The van der Waals surface area contributed by atoms with Crippen molar-refractivity contribution in [2.75, 3.05) is 6.61 Å². The predicted octanol–water partition coefficient (Wildman–Crippen LogP) is -0.840. The third-order valence-corrected chi connectivity index (χ3v) is 6.92. The van der Waals surface area contributed by atoms with Crippen LogP contribution in [-0.2, 0) is 27.1 Å². The van der Waals surface area contributed by atoms with Crippen molar-refractivity contribution in [3.05, 3.63) is 26.9 Å². The number of nitrogens with one attached hydrogen (secondary N) is 1. The first-order valence-electron chi connectivity index (χ1n) is 7.57. The van der Waals surface area contributed by atoms with Gasteiger partial charge >= 0.3 is 23.5 Å². The molecule has 0 unspecified atom stereocenters. The summed E-state index contributed by atoms with van der Waals surface area (Å²) in [6.45, 7) is 1.42. The fourth-order valence-electron chi connectivity index (χ4n) is 2.13. The highest BCUT2D eigenvalue weighted by atomic mass is 32.1. The molecule has 2 rings (SSSR count). The standard InChI is InChI=1S/C10H14N2O4S.H5O10P3/c1-5-3-12(10(17)11-9(5)15)8-2-6(14)7(4-13)16-8;1-11(2,3)9-13(7,8)10-12(4,5)6/h3,6-8,13-14H,2,4H2,1H3,(H,11,15,17);(H,7,8)(H2,1,2,3)(H2,4,5,6)/t6-,7+,8+;/m0./s1. The lowest BCUT2D eigenvalue weighted by Crippen LogP contribution is -2.24. The first-order valence-corrected chi connectivity index (χ1v) is 12.5. The van der Waals surface area contributed by atoms with Crippen molar-refractivity contribution in [3.8, 4) is 0 Å². The van der Waals surface area contributed by atoms with Crippen molar-refractivity contribution in [1.29, 1.82) is 0 Å². The van der Waals surface area contributed by atoms with E-state index in [-0.39, 0.29) is 16.9 Å². The maximum Gasteiger partial charge on any atom is 0.490 e. The van der Waals surface area contributed by atoms with E-state index >= 15 is 0 Å². The zero-order valence-corrected chi connectivity index (χ0v) is 18.4. The van der Waals surface area contributed by atoms with Crippen LogP contribution in [0.1, 0.15) is 18.2 Å². The molecule has 8 N–H and O–H groups in total. The van der Waals surface area contributed by atoms with Gasteiger partial charge in [0.15, 0.2) is 4.77 Å². The second-order valence-electron chi connectivity index (χ2n) is 5.71. The third-order valence-electron chi connectivity index (χ3n) is 3.26. The van der Waals surface area contributed by atoms with Gasteiger partial charge in [0.25, 0.3) is 5.56 Å². The molecule has 2 heterocycles. The number of H-pyrrole nitrogens is 1. The zero-order chi connectivity index (χ0) is 23.5. The summed E-state index contributed by atoms with van der Waals surface area (Å²) < 4.78 is 43.7. The van der Waals surface area contributed by atoms with Crippen LogP contribution in [0.15, 0.2) is 11.0 Å². The average molecular weight is 516 g/mol. The number of ether oxygens (including phenoxy) is 1. The highest BCUT2D eigenvalue weighted by Gasteiger charge is 2.38. The summed E-state index contributed by atoms with van der Waals surface area (Å²) in [6, 6.07) is 0. The molecule has 1 aromatic heterocycles. The van der Waals surface area contributed by atoms with Crippen molar-refractivity contribution in [2.24, 2.45) is 0 Å². The third kappa shape index (κ3) is 9.26. The highest BCUT2D eigenvalue weighted by molar-refractivity contribution is 7.71. The molecule has 3 atom stereocenters. The van der Waals surface area contributed by atoms with E-state index in [0.29, 0.717) is 12.0 Å². The molecule has 0 spiro atoms. The van der Waals surface area contributed by atoms with Crippen molar-refractivity contribution in [3.63, 3.8) is 0 Å². The Morgan fingerprint density at radius 3 is 2.10 bits per heavy atom. The van der Waals surface area contributed by atoms with E-state index in [4.69, 9.17) is 46.5 Å². The fourth-order valence-corrected chi connectivity index (χ4v) is 4.94. The van der Waals surface area contributed by atoms with Gasteiger partial charge in [-0.2, -0.15) is 8.62 Å². The zero-order valence-electron chi connectivity index (χ0n) is 14.9. The Morgan fingerprint density at radius 2 is 1.70 bits per heavy atom. The maximum absolute atomic E-state index is 11.3. The van der Waals surface area contributed by atoms with Crippen LogP contribution in [0, 0.1) is 11.7 Å². The summed E-state index contributed by atoms with van der Waals surface area (Å²) in [4.78, 5) is 54.1. The Bertz CT molecular complexity index is 968. The van der Waals surface area contributed by atoms with Gasteiger partial charge in [-0.1, -0.05) is 0 Å². The summed E-state index contributed by atoms with van der Waals surface area (Å²) >= 11 is 5.03. The van der Waals surface area contributed by atoms with Crippen LogP contribution in [-0.4, -0.2) is 63.0 Å². The first-order chi connectivity index (χ1) is 13.4. The van der Waals surface area contributed by atoms with Gasteiger partial charge in [0.2, 0.25) is 0 Å². The SMILES string of the molecule is Cc1cn([C@H]2C[C@H](O)[C@@H](CO)O2)c(=S)[nH]c1=O.O=P(O)(O)OP(=O)(O)OP(=O)(O)O. The molecule has 0 saturated carbocycles.